The van der Waals surface area contributed by atoms with Crippen molar-refractivity contribution in [1.82, 2.24) is 19.4 Å². The van der Waals surface area contributed by atoms with Gasteiger partial charge in [0.1, 0.15) is 0 Å². The van der Waals surface area contributed by atoms with E-state index in [0.717, 1.165) is 56.0 Å². The molecule has 0 unspecified atom stereocenters. The van der Waals surface area contributed by atoms with Crippen LogP contribution in [0, 0.1) is 10.7 Å². The van der Waals surface area contributed by atoms with Crippen molar-refractivity contribution in [2.24, 2.45) is 13.0 Å². The largest absolute Gasteiger partial charge is 0.356 e. The molecule has 152 valence electrons. The maximum atomic E-state index is 12.3. The van der Waals surface area contributed by atoms with Crippen LogP contribution < -0.4 is 5.32 Å². The minimum Gasteiger partial charge on any atom is -0.356 e. The second-order valence-corrected chi connectivity index (χ2v) is 8.09. The molecule has 1 aliphatic rings. The minimum absolute atomic E-state index is 0.154. The van der Waals surface area contributed by atoms with Crippen molar-refractivity contribution >= 4 is 18.1 Å². The van der Waals surface area contributed by atoms with Gasteiger partial charge in [0.25, 0.3) is 0 Å². The Morgan fingerprint density at radius 3 is 2.57 bits per heavy atom. The topological polar surface area (TPSA) is 42.2 Å². The number of carbonyl (C=O) groups excluding carboxylic acids is 1. The molecule has 0 atom stereocenters. The molecule has 1 aromatic carbocycles. The van der Waals surface area contributed by atoms with Gasteiger partial charge in [-0.15, -0.1) is 0 Å². The van der Waals surface area contributed by atoms with E-state index >= 15 is 0 Å². The molecule has 28 heavy (non-hydrogen) atoms. The summed E-state index contributed by atoms with van der Waals surface area (Å²) in [6.45, 7) is 5.65. The predicted molar refractivity (Wildman–Crippen MR) is 117 cm³/mol. The van der Waals surface area contributed by atoms with Crippen LogP contribution >= 0.6 is 12.2 Å². The van der Waals surface area contributed by atoms with Crippen molar-refractivity contribution in [2.45, 2.75) is 45.7 Å². The highest BCUT2D eigenvalue weighted by atomic mass is 32.1. The zero-order valence-corrected chi connectivity index (χ0v) is 17.9. The summed E-state index contributed by atoms with van der Waals surface area (Å²) in [4.78, 5) is 14.7. The van der Waals surface area contributed by atoms with Crippen molar-refractivity contribution in [3.05, 3.63) is 41.3 Å². The summed E-state index contributed by atoms with van der Waals surface area (Å²) in [6.07, 6.45) is 7.43. The lowest BCUT2D eigenvalue weighted by Crippen LogP contribution is -2.41. The molecule has 6 heteroatoms. The van der Waals surface area contributed by atoms with E-state index in [4.69, 9.17) is 12.2 Å². The van der Waals surface area contributed by atoms with Crippen molar-refractivity contribution < 1.29 is 4.79 Å². The van der Waals surface area contributed by atoms with Crippen molar-refractivity contribution in [3.8, 4) is 11.3 Å². The number of aromatic nitrogens is 2. The van der Waals surface area contributed by atoms with Gasteiger partial charge in [-0.1, -0.05) is 50.1 Å². The van der Waals surface area contributed by atoms with Crippen LogP contribution in [0.15, 0.2) is 36.5 Å². The summed E-state index contributed by atoms with van der Waals surface area (Å²) in [5.74, 6) is 0.389. The molecule has 2 aromatic rings. The van der Waals surface area contributed by atoms with E-state index in [1.807, 2.05) is 25.2 Å². The number of unbranched alkanes of at least 4 members (excludes halogenated alkanes) is 2. The number of benzene rings is 1. The number of nitrogens with one attached hydrogen (secondary N) is 1. The zero-order chi connectivity index (χ0) is 19.9. The fourth-order valence-corrected chi connectivity index (χ4v) is 4.06. The van der Waals surface area contributed by atoms with Crippen LogP contribution in [0.2, 0.25) is 0 Å². The molecule has 1 amide bonds. The van der Waals surface area contributed by atoms with Crippen molar-refractivity contribution in [2.75, 3.05) is 19.6 Å². The molecule has 5 nitrogen and oxygen atoms in total. The summed E-state index contributed by atoms with van der Waals surface area (Å²) >= 11 is 5.65. The molecular weight excluding hydrogens is 368 g/mol. The summed E-state index contributed by atoms with van der Waals surface area (Å²) in [6, 6.07) is 10.3. The smallest absolute Gasteiger partial charge is 0.223 e. The van der Waals surface area contributed by atoms with Gasteiger partial charge in [-0.05, 0) is 37.0 Å². The van der Waals surface area contributed by atoms with Gasteiger partial charge in [-0.2, -0.15) is 0 Å². The maximum absolute atomic E-state index is 12.3. The Morgan fingerprint density at radius 2 is 1.89 bits per heavy atom. The molecule has 0 bridgehead atoms. The second-order valence-electron chi connectivity index (χ2n) is 7.72. The number of piperidine rings is 1. The summed E-state index contributed by atoms with van der Waals surface area (Å²) in [7, 11) is 2.02. The summed E-state index contributed by atoms with van der Waals surface area (Å²) in [5, 5.41) is 3.11. The first-order chi connectivity index (χ1) is 13.6. The lowest BCUT2D eigenvalue weighted by Gasteiger charge is -2.31. The van der Waals surface area contributed by atoms with E-state index in [-0.39, 0.29) is 11.8 Å². The third kappa shape index (κ3) is 5.11. The molecule has 0 radical (unpaired) electrons. The van der Waals surface area contributed by atoms with Crippen molar-refractivity contribution in [1.29, 1.82) is 0 Å². The highest BCUT2D eigenvalue weighted by Gasteiger charge is 2.25. The minimum atomic E-state index is 0.154. The van der Waals surface area contributed by atoms with E-state index in [9.17, 15) is 4.79 Å². The van der Waals surface area contributed by atoms with E-state index in [2.05, 4.69) is 44.6 Å². The first kappa shape index (κ1) is 20.8. The molecule has 0 saturated carbocycles. The fraction of sp³-hybridized carbons (Fsp3) is 0.545. The van der Waals surface area contributed by atoms with Crippen LogP contribution in [0.25, 0.3) is 11.3 Å². The maximum Gasteiger partial charge on any atom is 0.223 e. The standard InChI is InChI=1S/C22H32N4OS/c1-3-4-8-13-23-21(27)19-11-14-25(15-12-19)17-26-16-20(24(2)22(26)28)18-9-6-5-7-10-18/h5-7,9-10,16,19H,3-4,8,11-15,17H2,1-2H3,(H,23,27). The third-order valence-electron chi connectivity index (χ3n) is 5.63. The molecule has 1 fully saturated rings. The molecule has 2 heterocycles. The highest BCUT2D eigenvalue weighted by molar-refractivity contribution is 7.71. The van der Waals surface area contributed by atoms with Crippen LogP contribution in [0.5, 0.6) is 0 Å². The Morgan fingerprint density at radius 1 is 1.18 bits per heavy atom. The Labute approximate surface area is 173 Å². The van der Waals surface area contributed by atoms with Crippen LogP contribution in [0.1, 0.15) is 39.0 Å². The molecule has 1 aromatic heterocycles. The number of carbonyl (C=O) groups is 1. The number of likely N-dealkylation sites (tertiary alicyclic amines) is 1. The van der Waals surface area contributed by atoms with Gasteiger partial charge in [-0.25, -0.2) is 0 Å². The normalized spacial score (nSPS) is 15.6. The van der Waals surface area contributed by atoms with Gasteiger partial charge in [0, 0.05) is 38.8 Å². The summed E-state index contributed by atoms with van der Waals surface area (Å²) in [5.41, 5.74) is 2.31. The van der Waals surface area contributed by atoms with Crippen LogP contribution in [-0.4, -0.2) is 39.6 Å². The molecular formula is C22H32N4OS. The summed E-state index contributed by atoms with van der Waals surface area (Å²) < 4.78 is 5.04. The average molecular weight is 401 g/mol. The SMILES string of the molecule is CCCCCNC(=O)C1CCN(Cn2cc(-c3ccccc3)n(C)c2=S)CC1. The van der Waals surface area contributed by atoms with E-state index < -0.39 is 0 Å². The Hall–Kier alpha value is -1.92. The molecule has 0 spiro atoms. The zero-order valence-electron chi connectivity index (χ0n) is 17.1. The Balaban J connectivity index is 1.54. The van der Waals surface area contributed by atoms with Gasteiger partial charge in [0.15, 0.2) is 4.77 Å². The lowest BCUT2D eigenvalue weighted by molar-refractivity contribution is -0.126. The number of hydrogen-bond donors (Lipinski definition) is 1. The number of nitrogens with zero attached hydrogens (tertiary/aromatic N) is 3. The van der Waals surface area contributed by atoms with Gasteiger partial charge >= 0.3 is 0 Å². The number of imidazole rings is 1. The highest BCUT2D eigenvalue weighted by Crippen LogP contribution is 2.22. The van der Waals surface area contributed by atoms with E-state index in [0.29, 0.717) is 0 Å². The monoisotopic (exact) mass is 400 g/mol. The van der Waals surface area contributed by atoms with E-state index in [1.165, 1.54) is 18.4 Å². The molecule has 0 aliphatic carbocycles. The molecule has 1 aliphatic heterocycles. The van der Waals surface area contributed by atoms with E-state index in [1.54, 1.807) is 0 Å². The quantitative estimate of drug-likeness (QED) is 0.533. The first-order valence-electron chi connectivity index (χ1n) is 10.4. The Bertz CT molecular complexity index is 819. The lowest BCUT2D eigenvalue weighted by atomic mass is 9.96. The predicted octanol–water partition coefficient (Wildman–Crippen LogP) is 4.20. The number of amides is 1. The third-order valence-corrected chi connectivity index (χ3v) is 6.14. The van der Waals surface area contributed by atoms with Gasteiger partial charge in [0.2, 0.25) is 5.91 Å². The molecule has 3 rings (SSSR count). The van der Waals surface area contributed by atoms with Crippen LogP contribution in [-0.2, 0) is 18.5 Å². The van der Waals surface area contributed by atoms with Gasteiger partial charge in [0.05, 0.1) is 12.4 Å². The Kier molecular flexibility index (Phi) is 7.45. The number of hydrogen-bond acceptors (Lipinski definition) is 3. The average Bonchev–Trinajstić information content (AvgIpc) is 3.01. The van der Waals surface area contributed by atoms with Gasteiger partial charge in [-0.3, -0.25) is 9.69 Å². The van der Waals surface area contributed by atoms with Crippen molar-refractivity contribution in [3.63, 3.8) is 0 Å². The van der Waals surface area contributed by atoms with Gasteiger partial charge < -0.3 is 14.5 Å². The fourth-order valence-electron chi connectivity index (χ4n) is 3.85. The molecule has 1 N–H and O–H groups in total. The molecule has 1 saturated heterocycles. The number of rotatable bonds is 8. The van der Waals surface area contributed by atoms with Crippen LogP contribution in [0.3, 0.4) is 0 Å². The first-order valence-corrected chi connectivity index (χ1v) is 10.8. The second kappa shape index (κ2) is 10.0. The van der Waals surface area contributed by atoms with Crippen LogP contribution in [0.4, 0.5) is 0 Å².